The number of hydrogen-bond donors (Lipinski definition) is 0. The van der Waals surface area contributed by atoms with Crippen molar-refractivity contribution < 1.29 is 28.6 Å². The van der Waals surface area contributed by atoms with Crippen LogP contribution in [-0.2, 0) is 14.3 Å². The van der Waals surface area contributed by atoms with Gasteiger partial charge in [-0.2, -0.15) is 0 Å². The number of ether oxygens (including phenoxy) is 3. The zero-order valence-corrected chi connectivity index (χ0v) is 15.2. The van der Waals surface area contributed by atoms with Crippen molar-refractivity contribution in [1.29, 1.82) is 0 Å². The average Bonchev–Trinajstić information content (AvgIpc) is 3.15. The van der Waals surface area contributed by atoms with E-state index in [1.54, 1.807) is 34.9 Å². The molecule has 0 radical (unpaired) electrons. The molecule has 0 unspecified atom stereocenters. The van der Waals surface area contributed by atoms with E-state index in [9.17, 15) is 14.4 Å². The van der Waals surface area contributed by atoms with E-state index < -0.39 is 12.0 Å². The molecule has 0 bridgehead atoms. The molecule has 0 N–H and O–H groups in total. The highest BCUT2D eigenvalue weighted by Crippen LogP contribution is 2.47. The molecular formula is C18H19NO6S. The maximum Gasteiger partial charge on any atom is 0.330 e. The van der Waals surface area contributed by atoms with Crippen LogP contribution in [0.1, 0.15) is 30.1 Å². The van der Waals surface area contributed by atoms with Gasteiger partial charge in [-0.3, -0.25) is 9.59 Å². The number of Topliss-reactive ketones (excluding diaryl/α,β-unsaturated/α-hetero) is 1. The quantitative estimate of drug-likeness (QED) is 0.583. The molecule has 2 saturated heterocycles. The summed E-state index contributed by atoms with van der Waals surface area (Å²) in [5.41, 5.74) is 0.393. The summed E-state index contributed by atoms with van der Waals surface area (Å²) in [5.74, 6) is 0.731. The van der Waals surface area contributed by atoms with Gasteiger partial charge in [0.25, 0.3) is 0 Å². The minimum atomic E-state index is -0.618. The van der Waals surface area contributed by atoms with Crippen molar-refractivity contribution in [3.05, 3.63) is 23.8 Å². The van der Waals surface area contributed by atoms with Crippen molar-refractivity contribution in [3.8, 4) is 11.5 Å². The number of esters is 1. The van der Waals surface area contributed by atoms with Crippen molar-refractivity contribution in [2.45, 2.75) is 30.7 Å². The second-order valence-corrected chi connectivity index (χ2v) is 8.16. The molecule has 3 aliphatic rings. The monoisotopic (exact) mass is 377 g/mol. The lowest BCUT2D eigenvalue weighted by Crippen LogP contribution is -2.46. The maximum atomic E-state index is 12.4. The van der Waals surface area contributed by atoms with Gasteiger partial charge in [-0.25, -0.2) is 4.79 Å². The summed E-state index contributed by atoms with van der Waals surface area (Å²) in [5, 5.41) is 0. The molecule has 3 aliphatic heterocycles. The van der Waals surface area contributed by atoms with Crippen LogP contribution in [0.25, 0.3) is 0 Å². The highest BCUT2D eigenvalue weighted by Gasteiger charge is 2.53. The molecule has 138 valence electrons. The van der Waals surface area contributed by atoms with Gasteiger partial charge in [-0.1, -0.05) is 0 Å². The van der Waals surface area contributed by atoms with E-state index >= 15 is 0 Å². The number of ketones is 1. The normalized spacial score (nSPS) is 26.6. The Morgan fingerprint density at radius 1 is 1.31 bits per heavy atom. The summed E-state index contributed by atoms with van der Waals surface area (Å²) in [7, 11) is 0. The van der Waals surface area contributed by atoms with Crippen molar-refractivity contribution in [2.24, 2.45) is 0 Å². The first-order valence-corrected chi connectivity index (χ1v) is 9.52. The van der Waals surface area contributed by atoms with Gasteiger partial charge in [0.1, 0.15) is 19.3 Å². The van der Waals surface area contributed by atoms with Crippen molar-refractivity contribution >= 4 is 29.4 Å². The van der Waals surface area contributed by atoms with E-state index in [2.05, 4.69) is 0 Å². The number of carbonyl (C=O) groups is 3. The van der Waals surface area contributed by atoms with E-state index in [-0.39, 0.29) is 23.2 Å². The van der Waals surface area contributed by atoms with Crippen LogP contribution in [0.4, 0.5) is 0 Å². The first-order valence-electron chi connectivity index (χ1n) is 8.53. The minimum Gasteiger partial charge on any atom is -0.486 e. The van der Waals surface area contributed by atoms with Gasteiger partial charge in [0.15, 0.2) is 23.9 Å². The summed E-state index contributed by atoms with van der Waals surface area (Å²) in [6.07, 6.45) is 1.18. The first-order chi connectivity index (χ1) is 12.5. The number of nitrogens with zero attached hydrogens (tertiary/aromatic N) is 1. The second-order valence-electron chi connectivity index (χ2n) is 6.65. The predicted molar refractivity (Wildman–Crippen MR) is 93.5 cm³/mol. The third kappa shape index (κ3) is 2.92. The van der Waals surface area contributed by atoms with Crippen LogP contribution in [0.3, 0.4) is 0 Å². The molecular weight excluding hydrogens is 358 g/mol. The van der Waals surface area contributed by atoms with E-state index in [4.69, 9.17) is 14.2 Å². The van der Waals surface area contributed by atoms with Crippen LogP contribution in [0.2, 0.25) is 0 Å². The van der Waals surface area contributed by atoms with Crippen LogP contribution in [0.5, 0.6) is 11.5 Å². The van der Waals surface area contributed by atoms with Gasteiger partial charge >= 0.3 is 5.97 Å². The summed E-state index contributed by atoms with van der Waals surface area (Å²) >= 11 is 1.59. The Hall–Kier alpha value is -2.22. The molecule has 1 aromatic rings. The molecule has 7 nitrogen and oxygen atoms in total. The fraction of sp³-hybridized carbons (Fsp3) is 0.500. The number of benzene rings is 1. The minimum absolute atomic E-state index is 0.0300. The van der Waals surface area contributed by atoms with Gasteiger partial charge < -0.3 is 19.1 Å². The Labute approximate surface area is 155 Å². The lowest BCUT2D eigenvalue weighted by molar-refractivity contribution is -0.152. The standard InChI is InChI=1S/C18H19NO6S/c1-18-5-4-16(21)19(18)12(10-26-18)17(22)25-9-13(20)11-2-3-14-15(8-11)24-7-6-23-14/h2-3,8,12H,4-7,9-10H2,1H3/t12-,18+/m0/s1. The zero-order chi connectivity index (χ0) is 18.3. The number of thioether (sulfide) groups is 1. The summed E-state index contributed by atoms with van der Waals surface area (Å²) in [6, 6.07) is 4.27. The topological polar surface area (TPSA) is 82.1 Å². The highest BCUT2D eigenvalue weighted by molar-refractivity contribution is 8.01. The van der Waals surface area contributed by atoms with E-state index in [0.717, 1.165) is 6.42 Å². The maximum absolute atomic E-state index is 12.4. The molecule has 0 aliphatic carbocycles. The molecule has 1 aromatic carbocycles. The first kappa shape index (κ1) is 17.2. The molecule has 0 spiro atoms. The van der Waals surface area contributed by atoms with Crippen LogP contribution in [-0.4, -0.2) is 59.0 Å². The lowest BCUT2D eigenvalue weighted by Gasteiger charge is -2.29. The van der Waals surface area contributed by atoms with Crippen LogP contribution in [0, 0.1) is 0 Å². The Bertz CT molecular complexity index is 781. The van der Waals surface area contributed by atoms with E-state index in [1.807, 2.05) is 6.92 Å². The van der Waals surface area contributed by atoms with E-state index in [1.165, 1.54) is 0 Å². The molecule has 26 heavy (non-hydrogen) atoms. The lowest BCUT2D eigenvalue weighted by atomic mass is 10.1. The van der Waals surface area contributed by atoms with Crippen molar-refractivity contribution in [3.63, 3.8) is 0 Å². The zero-order valence-electron chi connectivity index (χ0n) is 14.4. The van der Waals surface area contributed by atoms with Crippen molar-refractivity contribution in [2.75, 3.05) is 25.6 Å². The van der Waals surface area contributed by atoms with Crippen molar-refractivity contribution in [1.82, 2.24) is 4.90 Å². The summed E-state index contributed by atoms with van der Waals surface area (Å²) < 4.78 is 16.1. The number of fused-ring (bicyclic) bond motifs is 2. The smallest absolute Gasteiger partial charge is 0.330 e. The predicted octanol–water partition coefficient (Wildman–Crippen LogP) is 1.64. The molecule has 4 rings (SSSR count). The average molecular weight is 377 g/mol. The molecule has 2 atom stereocenters. The molecule has 0 saturated carbocycles. The third-order valence-corrected chi connectivity index (χ3v) is 6.43. The molecule has 3 heterocycles. The number of hydrogen-bond acceptors (Lipinski definition) is 7. The van der Waals surface area contributed by atoms with Crippen LogP contribution >= 0.6 is 11.8 Å². The summed E-state index contributed by atoms with van der Waals surface area (Å²) in [6.45, 7) is 2.52. The highest BCUT2D eigenvalue weighted by atomic mass is 32.2. The Morgan fingerprint density at radius 2 is 2.08 bits per heavy atom. The molecule has 0 aromatic heterocycles. The van der Waals surface area contributed by atoms with Gasteiger partial charge in [0.05, 0.1) is 4.87 Å². The Kier molecular flexibility index (Phi) is 4.30. The molecule has 1 amide bonds. The number of carbonyl (C=O) groups excluding carboxylic acids is 3. The van der Waals surface area contributed by atoms with Gasteiger partial charge in [0.2, 0.25) is 5.91 Å². The third-order valence-electron chi connectivity index (χ3n) is 4.93. The van der Waals surface area contributed by atoms with Gasteiger partial charge in [-0.15, -0.1) is 11.8 Å². The van der Waals surface area contributed by atoms with Crippen LogP contribution < -0.4 is 9.47 Å². The van der Waals surface area contributed by atoms with Gasteiger partial charge in [-0.05, 0) is 31.5 Å². The van der Waals surface area contributed by atoms with E-state index in [0.29, 0.717) is 42.4 Å². The van der Waals surface area contributed by atoms with Gasteiger partial charge in [0, 0.05) is 17.7 Å². The molecule has 8 heteroatoms. The van der Waals surface area contributed by atoms with Crippen LogP contribution in [0.15, 0.2) is 18.2 Å². The Balaban J connectivity index is 1.39. The Morgan fingerprint density at radius 3 is 2.88 bits per heavy atom. The fourth-order valence-electron chi connectivity index (χ4n) is 3.53. The SMILES string of the molecule is C[C@@]12CCC(=O)N1[C@H](C(=O)OCC(=O)c1ccc3c(c1)OCCO3)CS2. The number of rotatable bonds is 4. The largest absolute Gasteiger partial charge is 0.486 e. The second kappa shape index (κ2) is 6.50. The summed E-state index contributed by atoms with van der Waals surface area (Å²) in [4.78, 5) is 38.1. The fourth-order valence-corrected chi connectivity index (χ4v) is 4.94. The molecule has 2 fully saturated rings. The number of amides is 1.